The average molecular weight is 522 g/mol. The van der Waals surface area contributed by atoms with Crippen LogP contribution in [0.2, 0.25) is 0 Å². The number of carbonyl (C=O) groups excluding carboxylic acids is 1. The lowest BCUT2D eigenvalue weighted by atomic mass is 10.1. The third kappa shape index (κ3) is 5.31. The van der Waals surface area contributed by atoms with Gasteiger partial charge >= 0.3 is 13.8 Å². The molecule has 1 aliphatic heterocycles. The number of aliphatic hydroxyl groups is 2. The normalized spacial score (nSPS) is 23.7. The zero-order valence-corrected chi connectivity index (χ0v) is 19.5. The molecular formula is C20H21N5O10P-. The number of fused-ring (bicyclic) bond motifs is 1. The van der Waals surface area contributed by atoms with Crippen molar-refractivity contribution in [2.24, 2.45) is 0 Å². The van der Waals surface area contributed by atoms with Crippen LogP contribution in [0.1, 0.15) is 11.8 Å². The Morgan fingerprint density at radius 2 is 2.08 bits per heavy atom. The van der Waals surface area contributed by atoms with E-state index in [1.165, 1.54) is 48.6 Å². The molecule has 1 fully saturated rings. The Labute approximate surface area is 203 Å². The summed E-state index contributed by atoms with van der Waals surface area (Å²) in [6.45, 7) is -0.759. The van der Waals surface area contributed by atoms with E-state index in [1.807, 2.05) is 0 Å². The van der Waals surface area contributed by atoms with Crippen LogP contribution in [0.5, 0.6) is 11.5 Å². The molecule has 1 unspecified atom stereocenters. The van der Waals surface area contributed by atoms with Crippen molar-refractivity contribution in [2.45, 2.75) is 24.5 Å². The summed E-state index contributed by atoms with van der Waals surface area (Å²) < 4.78 is 33.0. The maximum atomic E-state index is 12.1. The van der Waals surface area contributed by atoms with Crippen LogP contribution in [0, 0.1) is 0 Å². The molecule has 192 valence electrons. The van der Waals surface area contributed by atoms with Crippen LogP contribution in [0.25, 0.3) is 17.2 Å². The highest BCUT2D eigenvalue weighted by atomic mass is 31.2. The second-order valence-corrected chi connectivity index (χ2v) is 8.88. The summed E-state index contributed by atoms with van der Waals surface area (Å²) in [5, 5.41) is 30.3. The molecule has 36 heavy (non-hydrogen) atoms. The van der Waals surface area contributed by atoms with Gasteiger partial charge < -0.3 is 44.5 Å². The van der Waals surface area contributed by atoms with E-state index in [0.29, 0.717) is 5.56 Å². The van der Waals surface area contributed by atoms with Gasteiger partial charge in [0.05, 0.1) is 20.0 Å². The van der Waals surface area contributed by atoms with Gasteiger partial charge in [0.2, 0.25) is 0 Å². The van der Waals surface area contributed by atoms with Crippen LogP contribution in [0.3, 0.4) is 0 Å². The van der Waals surface area contributed by atoms with Gasteiger partial charge in [-0.05, 0) is 23.8 Å². The number of imidazole rings is 1. The summed E-state index contributed by atoms with van der Waals surface area (Å²) in [6, 6.07) is 4.20. The number of nitrogens with two attached hydrogens (primary N) is 1. The van der Waals surface area contributed by atoms with E-state index in [9.17, 15) is 29.6 Å². The first kappa shape index (κ1) is 25.5. The second-order valence-electron chi connectivity index (χ2n) is 7.55. The van der Waals surface area contributed by atoms with Crippen molar-refractivity contribution >= 4 is 36.8 Å². The molecule has 1 saturated heterocycles. The fourth-order valence-corrected chi connectivity index (χ4v) is 4.11. The molecule has 15 nitrogen and oxygen atoms in total. The third-order valence-electron chi connectivity index (χ3n) is 5.21. The number of aromatic nitrogens is 4. The van der Waals surface area contributed by atoms with E-state index in [-0.39, 0.29) is 28.5 Å². The molecule has 0 spiro atoms. The molecule has 5 N–H and O–H groups in total. The monoisotopic (exact) mass is 522 g/mol. The molecule has 0 amide bonds. The number of rotatable bonds is 8. The van der Waals surface area contributed by atoms with Crippen molar-refractivity contribution < 1.29 is 48.1 Å². The molecule has 0 aliphatic carbocycles. The third-order valence-corrected chi connectivity index (χ3v) is 6.08. The minimum absolute atomic E-state index is 0.0966. The van der Waals surface area contributed by atoms with Crippen LogP contribution in [0.15, 0.2) is 36.9 Å². The molecule has 5 atom stereocenters. The molecule has 3 aromatic rings. The van der Waals surface area contributed by atoms with Gasteiger partial charge in [0.25, 0.3) is 0 Å². The molecule has 16 heteroatoms. The van der Waals surface area contributed by atoms with Crippen molar-refractivity contribution in [3.63, 3.8) is 0 Å². The van der Waals surface area contributed by atoms with E-state index in [4.69, 9.17) is 15.2 Å². The Kier molecular flexibility index (Phi) is 7.21. The Hall–Kier alpha value is -3.59. The van der Waals surface area contributed by atoms with Gasteiger partial charge in [-0.1, -0.05) is 6.07 Å². The number of aromatic hydroxyl groups is 1. The molecule has 1 aromatic carbocycles. The topological polar surface area (TPSA) is 224 Å². The van der Waals surface area contributed by atoms with Crippen molar-refractivity contribution in [1.29, 1.82) is 0 Å². The summed E-state index contributed by atoms with van der Waals surface area (Å²) in [6.07, 6.45) is -1.01. The van der Waals surface area contributed by atoms with Crippen LogP contribution in [-0.4, -0.2) is 72.8 Å². The molecule has 0 bridgehead atoms. The predicted octanol–water partition coefficient (Wildman–Crippen LogP) is -0.517. The molecule has 0 saturated carbocycles. The number of hydrogen-bond donors (Lipinski definition) is 4. The minimum atomic E-state index is -5.16. The Morgan fingerprint density at radius 1 is 1.31 bits per heavy atom. The SMILES string of the molecule is COc1cc(/C=C/C(=O)OP(=O)([O-])OC[C@H]2O[C@@H](n3cnc4c(N)ncnc43)[C@H](O)[C@@H]2O)ccc1O. The van der Waals surface area contributed by atoms with Gasteiger partial charge in [-0.15, -0.1) is 0 Å². The fourth-order valence-electron chi connectivity index (χ4n) is 3.45. The van der Waals surface area contributed by atoms with Crippen molar-refractivity contribution in [3.8, 4) is 11.5 Å². The number of carbonyl (C=O) groups is 1. The minimum Gasteiger partial charge on any atom is -0.746 e. The number of anilines is 1. The van der Waals surface area contributed by atoms with Gasteiger partial charge in [-0.25, -0.2) is 19.7 Å². The number of nitrogens with zero attached hydrogens (tertiary/aromatic N) is 4. The van der Waals surface area contributed by atoms with E-state index in [1.54, 1.807) is 0 Å². The summed E-state index contributed by atoms with van der Waals surface area (Å²) in [5.74, 6) is -1.12. The maximum Gasteiger partial charge on any atom is 0.336 e. The highest BCUT2D eigenvalue weighted by molar-refractivity contribution is 7.46. The average Bonchev–Trinajstić information content (AvgIpc) is 3.39. The number of phenolic OH excluding ortho intramolecular Hbond substituents is 1. The van der Waals surface area contributed by atoms with Crippen LogP contribution < -0.4 is 15.4 Å². The van der Waals surface area contributed by atoms with Crippen molar-refractivity contribution in [3.05, 3.63) is 42.5 Å². The molecule has 2 aromatic heterocycles. The van der Waals surface area contributed by atoms with Crippen LogP contribution in [0.4, 0.5) is 5.82 Å². The second kappa shape index (κ2) is 10.2. The first-order valence-corrected chi connectivity index (χ1v) is 11.7. The fraction of sp³-hybridized carbons (Fsp3) is 0.300. The lowest BCUT2D eigenvalue weighted by molar-refractivity contribution is -0.226. The van der Waals surface area contributed by atoms with E-state index in [0.717, 1.165) is 6.08 Å². The number of phosphoric ester groups is 1. The molecule has 0 radical (unpaired) electrons. The molecule has 3 heterocycles. The van der Waals surface area contributed by atoms with E-state index in [2.05, 4.69) is 24.0 Å². The number of methoxy groups -OCH3 is 1. The summed E-state index contributed by atoms with van der Waals surface area (Å²) in [5.41, 5.74) is 6.63. The van der Waals surface area contributed by atoms with Crippen LogP contribution >= 0.6 is 7.82 Å². The highest BCUT2D eigenvalue weighted by Crippen LogP contribution is 2.41. The number of aliphatic hydroxyl groups excluding tert-OH is 2. The van der Waals surface area contributed by atoms with E-state index < -0.39 is 44.9 Å². The molecular weight excluding hydrogens is 501 g/mol. The summed E-state index contributed by atoms with van der Waals surface area (Å²) in [4.78, 5) is 35.9. The first-order valence-electron chi connectivity index (χ1n) is 10.3. The Morgan fingerprint density at radius 3 is 2.83 bits per heavy atom. The number of phosphoric acid groups is 1. The van der Waals surface area contributed by atoms with E-state index >= 15 is 0 Å². The number of nitrogen functional groups attached to an aromatic ring is 1. The number of benzene rings is 1. The zero-order chi connectivity index (χ0) is 26.0. The number of hydrogen-bond acceptors (Lipinski definition) is 14. The summed E-state index contributed by atoms with van der Waals surface area (Å²) >= 11 is 0. The van der Waals surface area contributed by atoms with Gasteiger partial charge in [0.15, 0.2) is 29.2 Å². The smallest absolute Gasteiger partial charge is 0.336 e. The standard InChI is InChI=1S/C20H22N5O10P/c1-32-12-6-10(2-4-11(12)26)3-5-14(27)35-36(30,31)33-7-13-16(28)17(29)20(34-13)25-9-24-15-18(21)22-8-23-19(15)25/h2-6,8-9,13,16-17,20,26,28-29H,7H2,1H3,(H,30,31)(H2,21,22,23)/p-1/b5-3+/t13-,16-,17-,20-/m1/s1. The van der Waals surface area contributed by atoms with Crippen molar-refractivity contribution in [1.82, 2.24) is 19.5 Å². The maximum absolute atomic E-state index is 12.1. The van der Waals surface area contributed by atoms with Gasteiger partial charge in [0.1, 0.15) is 30.2 Å². The van der Waals surface area contributed by atoms with Crippen molar-refractivity contribution in [2.75, 3.05) is 19.5 Å². The predicted molar refractivity (Wildman–Crippen MR) is 119 cm³/mol. The van der Waals surface area contributed by atoms with Gasteiger partial charge in [-0.3, -0.25) is 9.13 Å². The number of ether oxygens (including phenoxy) is 2. The first-order chi connectivity index (χ1) is 17.1. The zero-order valence-electron chi connectivity index (χ0n) is 18.6. The summed E-state index contributed by atoms with van der Waals surface area (Å²) in [7, 11) is -3.82. The quantitative estimate of drug-likeness (QED) is 0.216. The van der Waals surface area contributed by atoms with Gasteiger partial charge in [0, 0.05) is 6.08 Å². The van der Waals surface area contributed by atoms with Crippen LogP contribution in [-0.2, 0) is 23.1 Å². The lowest BCUT2D eigenvalue weighted by Gasteiger charge is -2.23. The highest BCUT2D eigenvalue weighted by Gasteiger charge is 2.45. The number of phenols is 1. The lowest BCUT2D eigenvalue weighted by Crippen LogP contribution is -2.34. The molecule has 1 aliphatic rings. The largest absolute Gasteiger partial charge is 0.746 e. The Bertz CT molecular complexity index is 1350. The Balaban J connectivity index is 1.36. The molecule has 4 rings (SSSR count). The van der Waals surface area contributed by atoms with Gasteiger partial charge in [-0.2, -0.15) is 0 Å².